The lowest BCUT2D eigenvalue weighted by Gasteiger charge is -2.32. The molecule has 1 aromatic carbocycles. The van der Waals surface area contributed by atoms with Crippen molar-refractivity contribution in [3.63, 3.8) is 0 Å². The van der Waals surface area contributed by atoms with Gasteiger partial charge in [0.25, 0.3) is 0 Å². The lowest BCUT2D eigenvalue weighted by Crippen LogP contribution is -2.48. The van der Waals surface area contributed by atoms with E-state index in [4.69, 9.17) is 0 Å². The minimum Gasteiger partial charge on any atom is -0.339 e. The molecule has 0 unspecified atom stereocenters. The summed E-state index contributed by atoms with van der Waals surface area (Å²) < 4.78 is 2.51. The van der Waals surface area contributed by atoms with Crippen molar-refractivity contribution in [1.29, 1.82) is 0 Å². The molecular weight excluding hydrogens is 446 g/mol. The van der Waals surface area contributed by atoms with Crippen LogP contribution >= 0.6 is 15.9 Å². The Hall–Kier alpha value is -2.58. The summed E-state index contributed by atoms with van der Waals surface area (Å²) in [6.45, 7) is 5.38. The highest BCUT2D eigenvalue weighted by Crippen LogP contribution is 2.25. The Kier molecular flexibility index (Phi) is 5.97. The number of aryl methyl sites for hydroxylation is 1. The number of piperazine rings is 1. The molecule has 0 aliphatic carbocycles. The van der Waals surface area contributed by atoms with E-state index in [-0.39, 0.29) is 24.7 Å². The number of carbonyl (C=O) groups excluding carboxylic acids is 2. The van der Waals surface area contributed by atoms with E-state index in [9.17, 15) is 9.59 Å². The molecule has 8 heteroatoms. The Balaban J connectivity index is 1.50. The van der Waals surface area contributed by atoms with E-state index in [0.717, 1.165) is 52.8 Å². The average Bonchev–Trinajstić information content (AvgIpc) is 3.09. The normalized spacial score (nSPS) is 15.0. The number of Topliss-reactive ketones (excluding diaryl/α,β-unsaturated/α-hetero) is 1. The van der Waals surface area contributed by atoms with Gasteiger partial charge in [0.1, 0.15) is 12.2 Å². The highest BCUT2D eigenvalue weighted by Gasteiger charge is 2.20. The number of hydrogen-bond acceptors (Lipinski definition) is 5. The Morgan fingerprint density at radius 3 is 2.63 bits per heavy atom. The molecule has 0 N–H and O–H groups in total. The van der Waals surface area contributed by atoms with Gasteiger partial charge in [0.15, 0.2) is 5.78 Å². The van der Waals surface area contributed by atoms with E-state index in [2.05, 4.69) is 38.0 Å². The van der Waals surface area contributed by atoms with Gasteiger partial charge >= 0.3 is 0 Å². The van der Waals surface area contributed by atoms with Crippen molar-refractivity contribution in [1.82, 2.24) is 24.6 Å². The molecule has 3 aromatic rings. The number of likely N-dealkylation sites (N-methyl/N-ethyl adjacent to an activating group) is 1. The maximum Gasteiger partial charge on any atom is 0.244 e. The second-order valence-corrected chi connectivity index (χ2v) is 8.63. The van der Waals surface area contributed by atoms with E-state index in [0.29, 0.717) is 5.69 Å². The summed E-state index contributed by atoms with van der Waals surface area (Å²) in [5.41, 5.74) is 2.95. The molecule has 3 heterocycles. The molecule has 1 fully saturated rings. The van der Waals surface area contributed by atoms with Crippen LogP contribution in [0.4, 0.5) is 0 Å². The number of ketones is 1. The van der Waals surface area contributed by atoms with Crippen molar-refractivity contribution in [3.8, 4) is 0 Å². The number of amides is 1. The largest absolute Gasteiger partial charge is 0.339 e. The smallest absolute Gasteiger partial charge is 0.244 e. The molecule has 7 nitrogen and oxygen atoms in total. The Morgan fingerprint density at radius 2 is 1.90 bits per heavy atom. The van der Waals surface area contributed by atoms with Crippen molar-refractivity contribution >= 4 is 38.5 Å². The van der Waals surface area contributed by atoms with E-state index in [1.165, 1.54) is 0 Å². The predicted octanol–water partition coefficient (Wildman–Crippen LogP) is 2.70. The number of nitrogens with zero attached hydrogens (tertiary/aromatic N) is 5. The van der Waals surface area contributed by atoms with Crippen LogP contribution in [0.5, 0.6) is 0 Å². The third-order valence-electron chi connectivity index (χ3n) is 5.40. The fourth-order valence-corrected chi connectivity index (χ4v) is 4.09. The van der Waals surface area contributed by atoms with Gasteiger partial charge in [-0.1, -0.05) is 22.0 Å². The first-order valence-corrected chi connectivity index (χ1v) is 10.8. The van der Waals surface area contributed by atoms with E-state index >= 15 is 0 Å². The Morgan fingerprint density at radius 1 is 1.13 bits per heavy atom. The van der Waals surface area contributed by atoms with Gasteiger partial charge in [-0.2, -0.15) is 5.10 Å². The number of fused-ring (bicyclic) bond motifs is 1. The van der Waals surface area contributed by atoms with Gasteiger partial charge in [-0.05, 0) is 43.8 Å². The summed E-state index contributed by atoms with van der Waals surface area (Å²) in [6, 6.07) is 9.31. The van der Waals surface area contributed by atoms with Crippen LogP contribution in [0.1, 0.15) is 21.7 Å². The first-order valence-electron chi connectivity index (χ1n) is 9.98. The topological polar surface area (TPSA) is 71.3 Å². The van der Waals surface area contributed by atoms with E-state index in [1.54, 1.807) is 10.7 Å². The third kappa shape index (κ3) is 4.60. The van der Waals surface area contributed by atoms with Gasteiger partial charge in [0.05, 0.1) is 5.52 Å². The molecule has 0 radical (unpaired) electrons. The average molecular weight is 470 g/mol. The molecule has 0 saturated carbocycles. The SMILES string of the molecule is Cc1cccc(C(=O)Cc2cc3cn(CC(=O)N4CCN(C)CC4)nc3cc2Br)n1. The number of rotatable bonds is 5. The van der Waals surface area contributed by atoms with Crippen molar-refractivity contribution in [2.45, 2.75) is 19.9 Å². The van der Waals surface area contributed by atoms with Crippen LogP contribution in [-0.2, 0) is 17.8 Å². The molecule has 156 valence electrons. The predicted molar refractivity (Wildman–Crippen MR) is 119 cm³/mol. The fourth-order valence-electron chi connectivity index (χ4n) is 3.62. The van der Waals surface area contributed by atoms with Crippen LogP contribution in [0.25, 0.3) is 10.9 Å². The van der Waals surface area contributed by atoms with Gasteiger partial charge in [0, 0.05) is 54.3 Å². The Bertz CT molecular complexity index is 1100. The highest BCUT2D eigenvalue weighted by molar-refractivity contribution is 9.10. The quantitative estimate of drug-likeness (QED) is 0.537. The number of hydrogen-bond donors (Lipinski definition) is 0. The summed E-state index contributed by atoms with van der Waals surface area (Å²) >= 11 is 3.56. The minimum atomic E-state index is -0.0311. The zero-order valence-corrected chi connectivity index (χ0v) is 18.7. The summed E-state index contributed by atoms with van der Waals surface area (Å²) in [6.07, 6.45) is 2.12. The number of pyridine rings is 1. The Labute approximate surface area is 183 Å². The van der Waals surface area contributed by atoms with Crippen LogP contribution in [0, 0.1) is 6.92 Å². The van der Waals surface area contributed by atoms with Gasteiger partial charge in [-0.15, -0.1) is 0 Å². The molecule has 30 heavy (non-hydrogen) atoms. The summed E-state index contributed by atoms with van der Waals surface area (Å²) in [5, 5.41) is 5.45. The highest BCUT2D eigenvalue weighted by atomic mass is 79.9. The molecule has 2 aromatic heterocycles. The molecule has 1 aliphatic rings. The molecule has 1 saturated heterocycles. The van der Waals surface area contributed by atoms with Gasteiger partial charge < -0.3 is 9.80 Å². The minimum absolute atomic E-state index is 0.0311. The maximum atomic E-state index is 12.6. The van der Waals surface area contributed by atoms with Gasteiger partial charge in [-0.3, -0.25) is 19.3 Å². The molecular formula is C22H24BrN5O2. The summed E-state index contributed by atoms with van der Waals surface area (Å²) in [4.78, 5) is 33.7. The van der Waals surface area contributed by atoms with Crippen LogP contribution < -0.4 is 0 Å². The van der Waals surface area contributed by atoms with Crippen molar-refractivity contribution < 1.29 is 9.59 Å². The van der Waals surface area contributed by atoms with E-state index in [1.807, 2.05) is 42.3 Å². The van der Waals surface area contributed by atoms with Crippen molar-refractivity contribution in [2.24, 2.45) is 0 Å². The number of aromatic nitrogens is 3. The number of carbonyl (C=O) groups is 2. The van der Waals surface area contributed by atoms with Gasteiger partial charge in [0.2, 0.25) is 5.91 Å². The lowest BCUT2D eigenvalue weighted by atomic mass is 10.0. The molecule has 0 atom stereocenters. The van der Waals surface area contributed by atoms with Crippen LogP contribution in [0.3, 0.4) is 0 Å². The fraction of sp³-hybridized carbons (Fsp3) is 0.364. The zero-order valence-electron chi connectivity index (χ0n) is 17.1. The number of halogens is 1. The van der Waals surface area contributed by atoms with Crippen LogP contribution in [0.15, 0.2) is 41.0 Å². The van der Waals surface area contributed by atoms with Crippen molar-refractivity contribution in [2.75, 3.05) is 33.2 Å². The first kappa shape index (κ1) is 20.7. The zero-order chi connectivity index (χ0) is 21.3. The standard InChI is InChI=1S/C22H24BrN5O2/c1-15-4-3-5-19(24-15)21(29)11-16-10-17-13-28(25-20(17)12-18(16)23)14-22(30)27-8-6-26(2)7-9-27/h3-5,10,12-13H,6-9,11,14H2,1-2H3. The van der Waals surface area contributed by atoms with E-state index < -0.39 is 0 Å². The van der Waals surface area contributed by atoms with Crippen LogP contribution in [-0.4, -0.2) is 69.5 Å². The van der Waals surface area contributed by atoms with Crippen LogP contribution in [0.2, 0.25) is 0 Å². The summed E-state index contributed by atoms with van der Waals surface area (Å²) in [5.74, 6) is 0.0484. The molecule has 1 amide bonds. The van der Waals surface area contributed by atoms with Crippen molar-refractivity contribution in [3.05, 3.63) is 58.0 Å². The first-order chi connectivity index (χ1) is 14.4. The third-order valence-corrected chi connectivity index (χ3v) is 6.14. The molecule has 0 spiro atoms. The second-order valence-electron chi connectivity index (χ2n) is 7.78. The summed E-state index contributed by atoms with van der Waals surface area (Å²) in [7, 11) is 2.07. The lowest BCUT2D eigenvalue weighted by molar-refractivity contribution is -0.133. The monoisotopic (exact) mass is 469 g/mol. The van der Waals surface area contributed by atoms with Gasteiger partial charge in [-0.25, -0.2) is 0 Å². The number of benzene rings is 1. The second kappa shape index (κ2) is 8.65. The molecule has 0 bridgehead atoms. The molecule has 1 aliphatic heterocycles. The maximum absolute atomic E-state index is 12.6. The molecule has 4 rings (SSSR count).